The second kappa shape index (κ2) is 9.26. The first-order valence-electron chi connectivity index (χ1n) is 10.9. The maximum Gasteiger partial charge on any atom is 0.141 e. The lowest BCUT2D eigenvalue weighted by atomic mass is 10.1. The van der Waals surface area contributed by atoms with E-state index >= 15 is 0 Å². The number of anilines is 3. The maximum absolute atomic E-state index is 5.74. The summed E-state index contributed by atoms with van der Waals surface area (Å²) in [4.78, 5) is 20.2. The van der Waals surface area contributed by atoms with Crippen LogP contribution in [0.1, 0.15) is 5.69 Å². The van der Waals surface area contributed by atoms with Crippen LogP contribution in [0.15, 0.2) is 67.4 Å². The molecule has 0 fully saturated rings. The Balaban J connectivity index is 1.62. The molecule has 5 aromatic rings. The summed E-state index contributed by atoms with van der Waals surface area (Å²) < 4.78 is 12.7. The second-order valence-corrected chi connectivity index (χ2v) is 7.92. The number of ether oxygens (including phenoxy) is 2. The van der Waals surface area contributed by atoms with Crippen molar-refractivity contribution in [3.8, 4) is 22.8 Å². The molecule has 2 N–H and O–H groups in total. The number of aromatic nitrogens is 6. The molecule has 2 aromatic carbocycles. The first kappa shape index (κ1) is 22.1. The molecule has 10 nitrogen and oxygen atoms in total. The number of nitrogen functional groups attached to an aromatic ring is 1. The van der Waals surface area contributed by atoms with Gasteiger partial charge in [0.05, 0.1) is 68.0 Å². The summed E-state index contributed by atoms with van der Waals surface area (Å²) in [5.74, 6) is 1.71. The van der Waals surface area contributed by atoms with Crippen molar-refractivity contribution in [2.75, 3.05) is 24.9 Å². The standard InChI is InChI=1S/C25H24N8O2/c1-32-14-16(10-30-32)24-12-28-22-5-4-18(8-23(22)31-24)33(15-17-11-29-25(26)13-27-17)19-6-20(34-2)9-21(7-19)35-3/h4-14H,15H2,1-3H3,(H2,26,29). The van der Waals surface area contributed by atoms with Crippen molar-refractivity contribution in [1.29, 1.82) is 0 Å². The van der Waals surface area contributed by atoms with Crippen LogP contribution in [0.25, 0.3) is 22.3 Å². The van der Waals surface area contributed by atoms with Gasteiger partial charge in [0.15, 0.2) is 0 Å². The highest BCUT2D eigenvalue weighted by atomic mass is 16.5. The van der Waals surface area contributed by atoms with E-state index in [9.17, 15) is 0 Å². The van der Waals surface area contributed by atoms with Crippen LogP contribution in [0.3, 0.4) is 0 Å². The van der Waals surface area contributed by atoms with Crippen molar-refractivity contribution in [2.45, 2.75) is 6.54 Å². The molecule has 176 valence electrons. The fourth-order valence-corrected chi connectivity index (χ4v) is 3.75. The third-order valence-corrected chi connectivity index (χ3v) is 5.53. The lowest BCUT2D eigenvalue weighted by molar-refractivity contribution is 0.394. The molecule has 35 heavy (non-hydrogen) atoms. The largest absolute Gasteiger partial charge is 0.497 e. The topological polar surface area (TPSA) is 117 Å². The lowest BCUT2D eigenvalue weighted by Crippen LogP contribution is -2.18. The van der Waals surface area contributed by atoms with Gasteiger partial charge in [-0.3, -0.25) is 14.6 Å². The molecule has 0 unspecified atom stereocenters. The molecule has 10 heteroatoms. The summed E-state index contributed by atoms with van der Waals surface area (Å²) in [5.41, 5.74) is 11.4. The molecule has 3 heterocycles. The van der Waals surface area contributed by atoms with Gasteiger partial charge in [-0.2, -0.15) is 5.10 Å². The van der Waals surface area contributed by atoms with Crippen LogP contribution in [-0.4, -0.2) is 43.9 Å². The van der Waals surface area contributed by atoms with Gasteiger partial charge in [0, 0.05) is 48.4 Å². The number of nitrogens with zero attached hydrogens (tertiary/aromatic N) is 7. The quantitative estimate of drug-likeness (QED) is 0.381. The van der Waals surface area contributed by atoms with Crippen molar-refractivity contribution in [2.24, 2.45) is 7.05 Å². The SMILES string of the molecule is COc1cc(OC)cc(N(Cc2cnc(N)cn2)c2ccc3ncc(-c4cnn(C)c4)nc3c2)c1. The van der Waals surface area contributed by atoms with E-state index in [4.69, 9.17) is 20.2 Å². The Morgan fingerprint density at radius 2 is 1.66 bits per heavy atom. The summed E-state index contributed by atoms with van der Waals surface area (Å²) >= 11 is 0. The summed E-state index contributed by atoms with van der Waals surface area (Å²) in [7, 11) is 5.12. The number of hydrogen-bond acceptors (Lipinski definition) is 9. The maximum atomic E-state index is 5.74. The number of benzene rings is 2. The van der Waals surface area contributed by atoms with Crippen LogP contribution < -0.4 is 20.1 Å². The second-order valence-electron chi connectivity index (χ2n) is 7.92. The molecule has 0 radical (unpaired) electrons. The summed E-state index contributed by atoms with van der Waals surface area (Å²) in [6.45, 7) is 0.435. The highest BCUT2D eigenvalue weighted by Gasteiger charge is 2.16. The number of nitrogens with two attached hydrogens (primary N) is 1. The average Bonchev–Trinajstić information content (AvgIpc) is 3.33. The lowest BCUT2D eigenvalue weighted by Gasteiger charge is -2.26. The third-order valence-electron chi connectivity index (χ3n) is 5.53. The molecule has 0 aliphatic rings. The number of hydrogen-bond donors (Lipinski definition) is 1. The van der Waals surface area contributed by atoms with Gasteiger partial charge in [0.2, 0.25) is 0 Å². The Morgan fingerprint density at radius 1 is 0.857 bits per heavy atom. The van der Waals surface area contributed by atoms with Crippen molar-refractivity contribution < 1.29 is 9.47 Å². The van der Waals surface area contributed by atoms with E-state index in [0.717, 1.165) is 39.4 Å². The Bertz CT molecular complexity index is 1460. The van der Waals surface area contributed by atoms with Crippen LogP contribution in [0.2, 0.25) is 0 Å². The molecule has 5 rings (SSSR count). The minimum atomic E-state index is 0.368. The highest BCUT2D eigenvalue weighted by Crippen LogP contribution is 2.35. The summed E-state index contributed by atoms with van der Waals surface area (Å²) in [6.07, 6.45) is 8.66. The van der Waals surface area contributed by atoms with E-state index in [1.54, 1.807) is 43.7 Å². The van der Waals surface area contributed by atoms with E-state index in [0.29, 0.717) is 23.9 Å². The third kappa shape index (κ3) is 4.67. The minimum Gasteiger partial charge on any atom is -0.497 e. The van der Waals surface area contributed by atoms with Crippen LogP contribution >= 0.6 is 0 Å². The molecule has 0 saturated heterocycles. The van der Waals surface area contributed by atoms with E-state index in [1.165, 1.54) is 0 Å². The first-order chi connectivity index (χ1) is 17.0. The van der Waals surface area contributed by atoms with Gasteiger partial charge in [0.1, 0.15) is 17.3 Å². The molecular formula is C25H24N8O2. The zero-order valence-electron chi connectivity index (χ0n) is 19.6. The molecule has 0 atom stereocenters. The minimum absolute atomic E-state index is 0.368. The highest BCUT2D eigenvalue weighted by molar-refractivity contribution is 5.82. The molecule has 0 aliphatic heterocycles. The van der Waals surface area contributed by atoms with Crippen molar-refractivity contribution in [3.63, 3.8) is 0 Å². The number of aryl methyl sites for hydroxylation is 1. The number of fused-ring (bicyclic) bond motifs is 1. The van der Waals surface area contributed by atoms with Crippen LogP contribution in [0.5, 0.6) is 11.5 Å². The fraction of sp³-hybridized carbons (Fsp3) is 0.160. The molecule has 0 aliphatic carbocycles. The summed E-state index contributed by atoms with van der Waals surface area (Å²) in [6, 6.07) is 11.7. The first-order valence-corrected chi connectivity index (χ1v) is 10.9. The van der Waals surface area contributed by atoms with Crippen LogP contribution in [0, 0.1) is 0 Å². The van der Waals surface area contributed by atoms with E-state index in [1.807, 2.05) is 49.6 Å². The Labute approximate surface area is 202 Å². The average molecular weight is 469 g/mol. The summed E-state index contributed by atoms with van der Waals surface area (Å²) in [5, 5.41) is 4.24. The molecule has 0 saturated carbocycles. The molecule has 0 bridgehead atoms. The van der Waals surface area contributed by atoms with Gasteiger partial charge in [-0.25, -0.2) is 9.97 Å². The molecule has 3 aromatic heterocycles. The van der Waals surface area contributed by atoms with Crippen LogP contribution in [-0.2, 0) is 13.6 Å². The van der Waals surface area contributed by atoms with Crippen molar-refractivity contribution in [1.82, 2.24) is 29.7 Å². The normalized spacial score (nSPS) is 10.9. The molecule has 0 amide bonds. The van der Waals surface area contributed by atoms with Gasteiger partial charge in [-0.05, 0) is 18.2 Å². The van der Waals surface area contributed by atoms with Gasteiger partial charge >= 0.3 is 0 Å². The van der Waals surface area contributed by atoms with Crippen molar-refractivity contribution >= 4 is 28.2 Å². The zero-order chi connectivity index (χ0) is 24.4. The number of rotatable bonds is 7. The monoisotopic (exact) mass is 468 g/mol. The smallest absolute Gasteiger partial charge is 0.141 e. The Kier molecular flexibility index (Phi) is 5.84. The van der Waals surface area contributed by atoms with Crippen LogP contribution in [0.4, 0.5) is 17.2 Å². The van der Waals surface area contributed by atoms with Gasteiger partial charge < -0.3 is 20.1 Å². The van der Waals surface area contributed by atoms with Gasteiger partial charge in [-0.1, -0.05) is 0 Å². The Morgan fingerprint density at radius 3 is 2.31 bits per heavy atom. The van der Waals surface area contributed by atoms with E-state index in [-0.39, 0.29) is 0 Å². The van der Waals surface area contributed by atoms with E-state index < -0.39 is 0 Å². The predicted molar refractivity (Wildman–Crippen MR) is 134 cm³/mol. The van der Waals surface area contributed by atoms with Gasteiger partial charge in [0.25, 0.3) is 0 Å². The molecular weight excluding hydrogens is 444 g/mol. The predicted octanol–water partition coefficient (Wildman–Crippen LogP) is 3.76. The van der Waals surface area contributed by atoms with Crippen molar-refractivity contribution in [3.05, 3.63) is 73.1 Å². The Hall–Kier alpha value is -4.73. The molecule has 0 spiro atoms. The zero-order valence-corrected chi connectivity index (χ0v) is 19.6. The van der Waals surface area contributed by atoms with Gasteiger partial charge in [-0.15, -0.1) is 0 Å². The number of methoxy groups -OCH3 is 2. The van der Waals surface area contributed by atoms with E-state index in [2.05, 4.69) is 25.0 Å². The fourth-order valence-electron chi connectivity index (χ4n) is 3.75.